The highest BCUT2D eigenvalue weighted by Crippen LogP contribution is 2.33. The van der Waals surface area contributed by atoms with Gasteiger partial charge >= 0.3 is 15.3 Å². The van der Waals surface area contributed by atoms with E-state index in [0.29, 0.717) is 0 Å². The van der Waals surface area contributed by atoms with Crippen molar-refractivity contribution >= 4 is 20.7 Å². The fourth-order valence-electron chi connectivity index (χ4n) is 1.71. The van der Waals surface area contributed by atoms with Gasteiger partial charge in [0.25, 0.3) is 0 Å². The van der Waals surface area contributed by atoms with Gasteiger partial charge in [0.1, 0.15) is 0 Å². The Morgan fingerprint density at radius 1 is 0.870 bits per heavy atom. The van der Waals surface area contributed by atoms with Gasteiger partial charge in [-0.15, -0.1) is 10.2 Å². The molecule has 1 heterocycles. The lowest BCUT2D eigenvalue weighted by Crippen LogP contribution is -2.68. The standard InChI is InChI=1S/C15H12NS2.ClHO4/c1-11-7-9-13(10-8-11)15-16-14(17-18-15)12-5-3-2-4-6-12;2-1(3,4)5/h2-10H,1H3;(H,2,3,4,5)/q+1;/p-1. The molecule has 0 saturated heterocycles. The normalized spacial score (nSPS) is 10.8. The predicted molar refractivity (Wildman–Crippen MR) is 80.0 cm³/mol. The van der Waals surface area contributed by atoms with Crippen molar-refractivity contribution in [2.75, 3.05) is 0 Å². The van der Waals surface area contributed by atoms with Crippen LogP contribution in [0.25, 0.3) is 21.1 Å². The Morgan fingerprint density at radius 2 is 1.43 bits per heavy atom. The van der Waals surface area contributed by atoms with Gasteiger partial charge in [-0.25, -0.2) is 18.6 Å². The van der Waals surface area contributed by atoms with E-state index in [1.807, 2.05) is 18.2 Å². The predicted octanol–water partition coefficient (Wildman–Crippen LogP) is 0.372. The molecular formula is C15H12ClNO4S2. The molecule has 0 bridgehead atoms. The molecule has 0 N–H and O–H groups in total. The van der Waals surface area contributed by atoms with E-state index in [-0.39, 0.29) is 0 Å². The maximum Gasteiger partial charge on any atom is 0.348 e. The summed E-state index contributed by atoms with van der Waals surface area (Å²) in [5.41, 5.74) is 3.67. The average molecular weight is 370 g/mol. The maximum absolute atomic E-state index is 8.49. The molecule has 0 aliphatic rings. The van der Waals surface area contributed by atoms with Gasteiger partial charge in [-0.05, 0) is 19.1 Å². The third kappa shape index (κ3) is 6.28. The molecule has 0 spiro atoms. The lowest BCUT2D eigenvalue weighted by Gasteiger charge is -2.17. The van der Waals surface area contributed by atoms with Crippen molar-refractivity contribution in [3.8, 4) is 21.1 Å². The molecule has 3 rings (SSSR count). The number of halogens is 1. The zero-order valence-electron chi connectivity index (χ0n) is 12.0. The first-order valence-corrected chi connectivity index (χ1v) is 9.76. The van der Waals surface area contributed by atoms with Crippen molar-refractivity contribution in [1.82, 2.24) is 4.98 Å². The Bertz CT molecular complexity index is 736. The van der Waals surface area contributed by atoms with Crippen molar-refractivity contribution in [3.63, 3.8) is 0 Å². The molecule has 3 aromatic rings. The Hall–Kier alpha value is -1.45. The van der Waals surface area contributed by atoms with Crippen LogP contribution in [-0.2, 0) is 0 Å². The van der Waals surface area contributed by atoms with E-state index in [4.69, 9.17) is 23.6 Å². The minimum atomic E-state index is -4.94. The van der Waals surface area contributed by atoms with E-state index in [0.717, 1.165) is 10.0 Å². The third-order valence-electron chi connectivity index (χ3n) is 2.72. The number of hydrogen-bond donors (Lipinski definition) is 0. The fraction of sp³-hybridized carbons (Fsp3) is 0.0667. The molecule has 0 atom stereocenters. The number of aryl methyl sites for hydroxylation is 1. The Morgan fingerprint density at radius 3 is 2.00 bits per heavy atom. The molecule has 120 valence electrons. The zero-order chi connectivity index (χ0) is 16.9. The Balaban J connectivity index is 0.000000338. The molecule has 0 aliphatic carbocycles. The van der Waals surface area contributed by atoms with E-state index in [1.165, 1.54) is 16.7 Å². The van der Waals surface area contributed by atoms with Crippen molar-refractivity contribution in [2.45, 2.75) is 6.92 Å². The highest BCUT2D eigenvalue weighted by molar-refractivity contribution is 7.71. The first-order chi connectivity index (χ1) is 10.8. The molecule has 0 amide bonds. The Labute approximate surface area is 142 Å². The van der Waals surface area contributed by atoms with Crippen LogP contribution in [0.15, 0.2) is 54.6 Å². The molecular weight excluding hydrogens is 358 g/mol. The van der Waals surface area contributed by atoms with E-state index in [1.54, 1.807) is 20.7 Å². The number of nitrogens with zero attached hydrogens (tertiary/aromatic N) is 1. The van der Waals surface area contributed by atoms with Crippen LogP contribution in [0.4, 0.5) is 0 Å². The van der Waals surface area contributed by atoms with Crippen LogP contribution < -0.4 is 18.6 Å². The summed E-state index contributed by atoms with van der Waals surface area (Å²) in [6, 6.07) is 18.9. The summed E-state index contributed by atoms with van der Waals surface area (Å²) in [6.45, 7) is 2.10. The maximum atomic E-state index is 8.49. The van der Waals surface area contributed by atoms with Gasteiger partial charge in [-0.1, -0.05) is 48.0 Å². The average Bonchev–Trinajstić information content (AvgIpc) is 2.97. The Kier molecular flexibility index (Phi) is 6.14. The number of rotatable bonds is 2. The van der Waals surface area contributed by atoms with Gasteiger partial charge in [-0.2, -0.15) is 4.98 Å². The third-order valence-corrected chi connectivity index (χ3v) is 4.97. The van der Waals surface area contributed by atoms with Crippen molar-refractivity contribution in [1.29, 1.82) is 0 Å². The molecule has 0 unspecified atom stereocenters. The summed E-state index contributed by atoms with van der Waals surface area (Å²) < 4.78 is 34.0. The molecule has 0 aliphatic heterocycles. The first kappa shape index (κ1) is 17.9. The van der Waals surface area contributed by atoms with Gasteiger partial charge < -0.3 is 0 Å². The van der Waals surface area contributed by atoms with Gasteiger partial charge in [-0.3, -0.25) is 0 Å². The SMILES string of the molecule is Cc1ccc(-c2nc(-c3ccccc3)[s+]s2)cc1.[O-][Cl+3]([O-])([O-])[O-]. The highest BCUT2D eigenvalue weighted by atomic mass is 35.7. The lowest BCUT2D eigenvalue weighted by atomic mass is 10.2. The number of benzene rings is 2. The first-order valence-electron chi connectivity index (χ1n) is 6.37. The van der Waals surface area contributed by atoms with Crippen LogP contribution >= 0.6 is 20.7 Å². The summed E-state index contributed by atoms with van der Waals surface area (Å²) in [4.78, 5) is 4.72. The lowest BCUT2D eigenvalue weighted by molar-refractivity contribution is -2.00. The van der Waals surface area contributed by atoms with E-state index in [9.17, 15) is 0 Å². The van der Waals surface area contributed by atoms with Crippen molar-refractivity contribution < 1.29 is 28.9 Å². The molecule has 0 radical (unpaired) electrons. The van der Waals surface area contributed by atoms with Gasteiger partial charge in [0.15, 0.2) is 15.3 Å². The summed E-state index contributed by atoms with van der Waals surface area (Å²) >= 11 is 0. The fourth-order valence-corrected chi connectivity index (χ4v) is 3.92. The van der Waals surface area contributed by atoms with E-state index >= 15 is 0 Å². The zero-order valence-corrected chi connectivity index (χ0v) is 14.4. The largest absolute Gasteiger partial charge is 0.348 e. The molecule has 1 aromatic heterocycles. The molecule has 8 heteroatoms. The molecule has 0 fully saturated rings. The van der Waals surface area contributed by atoms with Crippen molar-refractivity contribution in [2.24, 2.45) is 0 Å². The van der Waals surface area contributed by atoms with Gasteiger partial charge in [0.05, 0.1) is 5.56 Å². The van der Waals surface area contributed by atoms with Crippen LogP contribution in [0.2, 0.25) is 0 Å². The van der Waals surface area contributed by atoms with Crippen molar-refractivity contribution in [3.05, 3.63) is 60.2 Å². The number of aromatic nitrogens is 1. The van der Waals surface area contributed by atoms with Crippen LogP contribution in [-0.4, -0.2) is 4.98 Å². The van der Waals surface area contributed by atoms with E-state index < -0.39 is 10.2 Å². The minimum absolute atomic E-state index is 1.09. The van der Waals surface area contributed by atoms with Crippen LogP contribution in [0.1, 0.15) is 5.56 Å². The smallest absolute Gasteiger partial charge is 0.222 e. The highest BCUT2D eigenvalue weighted by Gasteiger charge is 2.18. The van der Waals surface area contributed by atoms with Gasteiger partial charge in [0, 0.05) is 5.56 Å². The monoisotopic (exact) mass is 369 g/mol. The van der Waals surface area contributed by atoms with Crippen LogP contribution in [0, 0.1) is 17.2 Å². The molecule has 23 heavy (non-hydrogen) atoms. The molecule has 0 saturated carbocycles. The molecule has 2 aromatic carbocycles. The summed E-state index contributed by atoms with van der Waals surface area (Å²) in [7, 11) is -1.48. The summed E-state index contributed by atoms with van der Waals surface area (Å²) in [5.74, 6) is 0. The van der Waals surface area contributed by atoms with Crippen LogP contribution in [0.3, 0.4) is 0 Å². The van der Waals surface area contributed by atoms with E-state index in [2.05, 4.69) is 43.3 Å². The second-order valence-corrected chi connectivity index (χ2v) is 7.36. The number of hydrogen-bond acceptors (Lipinski definition) is 6. The summed E-state index contributed by atoms with van der Waals surface area (Å²) in [6.07, 6.45) is 0. The molecule has 5 nitrogen and oxygen atoms in total. The quantitative estimate of drug-likeness (QED) is 0.479. The minimum Gasteiger partial charge on any atom is -0.222 e. The summed E-state index contributed by atoms with van der Waals surface area (Å²) in [5, 5.41) is 2.19. The van der Waals surface area contributed by atoms with Crippen LogP contribution in [0.5, 0.6) is 0 Å². The topological polar surface area (TPSA) is 105 Å². The van der Waals surface area contributed by atoms with Gasteiger partial charge in [0.2, 0.25) is 0 Å². The second-order valence-electron chi connectivity index (χ2n) is 4.50. The second kappa shape index (κ2) is 7.89.